The number of benzene rings is 1. The van der Waals surface area contributed by atoms with Gasteiger partial charge < -0.3 is 28.8 Å². The molecule has 5 rings (SSSR count). The van der Waals surface area contributed by atoms with E-state index in [1.165, 1.54) is 6.92 Å². The minimum Gasteiger partial charge on any atom is -0.458 e. The van der Waals surface area contributed by atoms with Crippen LogP contribution in [0.4, 0.5) is 4.79 Å². The van der Waals surface area contributed by atoms with E-state index in [-0.39, 0.29) is 37.9 Å². The normalized spacial score (nSPS) is 18.1. The molecule has 0 spiro atoms. The highest BCUT2D eigenvalue weighted by Crippen LogP contribution is 2.47. The number of halogens is 1. The van der Waals surface area contributed by atoms with Crippen molar-refractivity contribution in [2.75, 3.05) is 12.4 Å². The van der Waals surface area contributed by atoms with Gasteiger partial charge in [-0.1, -0.05) is 26.1 Å². The molecule has 2 aliphatic rings. The summed E-state index contributed by atoms with van der Waals surface area (Å²) < 4.78 is 24.3. The van der Waals surface area contributed by atoms with Gasteiger partial charge in [-0.3, -0.25) is 14.4 Å². The van der Waals surface area contributed by atoms with Gasteiger partial charge in [0.15, 0.2) is 0 Å². The molecule has 268 valence electrons. The highest BCUT2D eigenvalue weighted by Gasteiger charge is 2.56. The summed E-state index contributed by atoms with van der Waals surface area (Å²) >= 11 is 6.07. The first kappa shape index (κ1) is 37.0. The molecular formula is C36H44ClN3O9Si. The third-order valence-corrected chi connectivity index (χ3v) is 12.7. The zero-order chi connectivity index (χ0) is 36.6. The number of alkyl carbamates (subject to hydrolysis) is 1. The van der Waals surface area contributed by atoms with E-state index >= 15 is 0 Å². The molecule has 2 aromatic heterocycles. The molecule has 4 heterocycles. The maximum Gasteiger partial charge on any atom is 0.407 e. The zero-order valence-corrected chi connectivity index (χ0v) is 31.3. The summed E-state index contributed by atoms with van der Waals surface area (Å²) in [6.45, 7) is 12.8. The van der Waals surface area contributed by atoms with Crippen molar-refractivity contribution in [1.29, 1.82) is 0 Å². The first-order valence-electron chi connectivity index (χ1n) is 16.9. The number of cyclic esters (lactones) is 1. The lowest BCUT2D eigenvalue weighted by molar-refractivity contribution is -0.190. The second-order valence-corrected chi connectivity index (χ2v) is 19.8. The van der Waals surface area contributed by atoms with Crippen LogP contribution < -0.4 is 15.6 Å². The number of aromatic nitrogens is 2. The summed E-state index contributed by atoms with van der Waals surface area (Å²) in [4.78, 5) is 70.6. The summed E-state index contributed by atoms with van der Waals surface area (Å²) in [5.74, 6) is -1.03. The van der Waals surface area contributed by atoms with Crippen LogP contribution in [0.2, 0.25) is 19.1 Å². The number of amides is 1. The number of ether oxygens (including phenoxy) is 4. The van der Waals surface area contributed by atoms with E-state index in [1.807, 2.05) is 6.07 Å². The van der Waals surface area contributed by atoms with Crippen molar-refractivity contribution in [1.82, 2.24) is 14.9 Å². The van der Waals surface area contributed by atoms with Crippen LogP contribution in [-0.2, 0) is 40.7 Å². The number of nitrogens with one attached hydrogen (secondary N) is 1. The van der Waals surface area contributed by atoms with Crippen molar-refractivity contribution in [3.63, 3.8) is 0 Å². The molecule has 0 saturated carbocycles. The summed E-state index contributed by atoms with van der Waals surface area (Å²) in [6, 6.07) is 9.48. The number of hydrogen-bond donors (Lipinski definition) is 1. The Bertz CT molecular complexity index is 1920. The van der Waals surface area contributed by atoms with Crippen LogP contribution in [0.5, 0.6) is 5.75 Å². The maximum atomic E-state index is 14.6. The first-order chi connectivity index (χ1) is 23.5. The fourth-order valence-corrected chi connectivity index (χ4v) is 9.80. The Labute approximate surface area is 296 Å². The summed E-state index contributed by atoms with van der Waals surface area (Å²) in [5, 5.41) is 3.35. The van der Waals surface area contributed by atoms with E-state index in [1.54, 1.807) is 56.5 Å². The molecule has 2 atom stereocenters. The molecule has 2 unspecified atom stereocenters. The Hall–Kier alpha value is -4.23. The third kappa shape index (κ3) is 7.43. The molecule has 1 aromatic carbocycles. The molecule has 0 aliphatic carbocycles. The van der Waals surface area contributed by atoms with Gasteiger partial charge in [-0.15, -0.1) is 11.6 Å². The maximum absolute atomic E-state index is 14.6. The smallest absolute Gasteiger partial charge is 0.407 e. The monoisotopic (exact) mass is 725 g/mol. The molecule has 1 amide bonds. The van der Waals surface area contributed by atoms with Crippen LogP contribution in [0.1, 0.15) is 82.7 Å². The van der Waals surface area contributed by atoms with Crippen LogP contribution >= 0.6 is 11.6 Å². The average Bonchev–Trinajstić information content (AvgIpc) is 3.38. The van der Waals surface area contributed by atoms with E-state index in [0.717, 1.165) is 10.9 Å². The number of nitrogens with zero attached hydrogens (tertiary/aromatic N) is 2. The van der Waals surface area contributed by atoms with Gasteiger partial charge in [0.25, 0.3) is 5.56 Å². The third-order valence-electron chi connectivity index (χ3n) is 8.96. The second kappa shape index (κ2) is 14.2. The van der Waals surface area contributed by atoms with Crippen LogP contribution in [-0.4, -0.2) is 59.7 Å². The number of rotatable bonds is 11. The van der Waals surface area contributed by atoms with Crippen LogP contribution in [0.25, 0.3) is 22.3 Å². The number of esters is 3. The first-order valence-corrected chi connectivity index (χ1v) is 20.7. The number of fused-ring (bicyclic) bond motifs is 5. The van der Waals surface area contributed by atoms with Gasteiger partial charge in [0.1, 0.15) is 25.2 Å². The van der Waals surface area contributed by atoms with Gasteiger partial charge >= 0.3 is 24.0 Å². The molecule has 0 fully saturated rings. The highest BCUT2D eigenvalue weighted by atomic mass is 35.5. The van der Waals surface area contributed by atoms with Gasteiger partial charge in [0, 0.05) is 42.3 Å². The molecule has 1 N–H and O–H groups in total. The van der Waals surface area contributed by atoms with Gasteiger partial charge in [-0.2, -0.15) is 0 Å². The summed E-state index contributed by atoms with van der Waals surface area (Å²) in [7, 11) is -2.48. The molecule has 2 aliphatic heterocycles. The quantitative estimate of drug-likeness (QED) is 0.0467. The molecule has 0 saturated heterocycles. The molecule has 0 bridgehead atoms. The van der Waals surface area contributed by atoms with Crippen molar-refractivity contribution in [3.8, 4) is 17.1 Å². The fourth-order valence-electron chi connectivity index (χ4n) is 6.60. The molecule has 12 nitrogen and oxygen atoms in total. The van der Waals surface area contributed by atoms with Crippen molar-refractivity contribution < 1.29 is 38.1 Å². The number of carbonyl (C=O) groups is 4. The highest BCUT2D eigenvalue weighted by molar-refractivity contribution is 6.78. The average molecular weight is 726 g/mol. The second-order valence-electron chi connectivity index (χ2n) is 14.4. The summed E-state index contributed by atoms with van der Waals surface area (Å²) in [5.41, 5.74) is -0.576. The lowest BCUT2D eigenvalue weighted by Crippen LogP contribution is -2.53. The number of alkyl halides is 1. The number of carbonyl (C=O) groups excluding carboxylic acids is 4. The van der Waals surface area contributed by atoms with Crippen molar-refractivity contribution in [2.45, 2.75) is 103 Å². The summed E-state index contributed by atoms with van der Waals surface area (Å²) in [6.07, 6.45) is 0.246. The number of hydrogen-bond acceptors (Lipinski definition) is 10. The Balaban J connectivity index is 1.55. The molecule has 0 radical (unpaired) electrons. The van der Waals surface area contributed by atoms with Gasteiger partial charge in [-0.25, -0.2) is 14.6 Å². The zero-order valence-electron chi connectivity index (χ0n) is 29.6. The standard InChI is InChI=1S/C36H44ClN3O9Si/c1-8-36(48-28(42)11-9-15-38-34(45)49-35(3,4)5)25-19-27-30-23(17-22-18-24(46-21(2)41)12-13-26(22)39-30)20-40(27)31(43)29(25)32(47-33(36)44)50(6,7)16-10-14-37/h12-13,17-19,32H,8-11,14-16,20H2,1-7H3,(H,38,45). The Morgan fingerprint density at radius 1 is 1.14 bits per heavy atom. The van der Waals surface area contributed by atoms with E-state index in [9.17, 15) is 24.0 Å². The fraction of sp³-hybridized carbons (Fsp3) is 0.500. The van der Waals surface area contributed by atoms with E-state index in [2.05, 4.69) is 18.4 Å². The predicted octanol–water partition coefficient (Wildman–Crippen LogP) is 6.28. The lowest BCUT2D eigenvalue weighted by Gasteiger charge is -2.43. The molecular weight excluding hydrogens is 682 g/mol. The lowest BCUT2D eigenvalue weighted by atomic mass is 9.85. The van der Waals surface area contributed by atoms with Crippen LogP contribution in [0, 0.1) is 0 Å². The van der Waals surface area contributed by atoms with E-state index < -0.39 is 49.0 Å². The predicted molar refractivity (Wildman–Crippen MR) is 190 cm³/mol. The Morgan fingerprint density at radius 3 is 2.54 bits per heavy atom. The van der Waals surface area contributed by atoms with Gasteiger partial charge in [-0.05, 0) is 70.4 Å². The minimum absolute atomic E-state index is 0.0247. The van der Waals surface area contributed by atoms with E-state index in [0.29, 0.717) is 52.1 Å². The van der Waals surface area contributed by atoms with Crippen LogP contribution in [0.3, 0.4) is 0 Å². The largest absolute Gasteiger partial charge is 0.458 e. The van der Waals surface area contributed by atoms with Crippen LogP contribution in [0.15, 0.2) is 35.1 Å². The van der Waals surface area contributed by atoms with Gasteiger partial charge in [0.05, 0.1) is 29.0 Å². The molecule has 50 heavy (non-hydrogen) atoms. The SMILES string of the molecule is CCC1(OC(=O)CCCNC(=O)OC(C)(C)C)C(=O)OC([Si](C)(C)CCCCl)c2c1cc1n(c2=O)Cc2cc3cc(OC(C)=O)ccc3nc2-1. The Kier molecular flexibility index (Phi) is 10.5. The minimum atomic E-state index is -2.48. The van der Waals surface area contributed by atoms with E-state index in [4.69, 9.17) is 35.5 Å². The van der Waals surface area contributed by atoms with Crippen molar-refractivity contribution >= 4 is 54.6 Å². The Morgan fingerprint density at radius 2 is 1.88 bits per heavy atom. The van der Waals surface area contributed by atoms with Gasteiger partial charge in [0.2, 0.25) is 5.60 Å². The number of pyridine rings is 2. The molecule has 3 aromatic rings. The molecule has 14 heteroatoms. The topological polar surface area (TPSA) is 152 Å². The van der Waals surface area contributed by atoms with Crippen molar-refractivity contribution in [2.24, 2.45) is 0 Å². The van der Waals surface area contributed by atoms with Crippen molar-refractivity contribution in [3.05, 3.63) is 57.4 Å².